The van der Waals surface area contributed by atoms with Crippen LogP contribution in [0.3, 0.4) is 0 Å². The molecule has 2 aromatic carbocycles. The number of nitrogens with zero attached hydrogens (tertiary/aromatic N) is 2. The van der Waals surface area contributed by atoms with Gasteiger partial charge in [-0.2, -0.15) is 0 Å². The van der Waals surface area contributed by atoms with E-state index in [0.29, 0.717) is 15.1 Å². The number of nitrogens with one attached hydrogen (secondary N) is 1. The number of aromatic nitrogens is 3. The molecule has 0 aliphatic carbocycles. The molecule has 3 nitrogen and oxygen atoms in total. The van der Waals surface area contributed by atoms with Crippen molar-refractivity contribution >= 4 is 46.1 Å². The number of hydrogen-bond acceptors (Lipinski definition) is 2. The third-order valence-electron chi connectivity index (χ3n) is 5.21. The SMILES string of the molecule is Clc1ccc(C(c2c[nH]cc2-c2ccc(Cl)cc2-c2cccs2)n2ccnc2)c(Cl)c1. The first-order valence-corrected chi connectivity index (χ1v) is 11.6. The quantitative estimate of drug-likeness (QED) is 0.268. The molecule has 154 valence electrons. The summed E-state index contributed by atoms with van der Waals surface area (Å²) in [6.07, 6.45) is 9.53. The van der Waals surface area contributed by atoms with Gasteiger partial charge in [-0.1, -0.05) is 53.0 Å². The van der Waals surface area contributed by atoms with Gasteiger partial charge >= 0.3 is 0 Å². The summed E-state index contributed by atoms with van der Waals surface area (Å²) in [5.74, 6) is 0. The van der Waals surface area contributed by atoms with Gasteiger partial charge in [-0.3, -0.25) is 0 Å². The van der Waals surface area contributed by atoms with Crippen LogP contribution < -0.4 is 0 Å². The van der Waals surface area contributed by atoms with Crippen molar-refractivity contribution < 1.29 is 0 Å². The normalized spacial score (nSPS) is 12.2. The van der Waals surface area contributed by atoms with E-state index in [9.17, 15) is 0 Å². The molecule has 0 bridgehead atoms. The second-order valence-electron chi connectivity index (χ2n) is 7.07. The molecule has 0 aliphatic rings. The number of thiophene rings is 1. The van der Waals surface area contributed by atoms with E-state index in [2.05, 4.69) is 27.5 Å². The fraction of sp³-hybridized carbons (Fsp3) is 0.0417. The summed E-state index contributed by atoms with van der Waals surface area (Å²) < 4.78 is 2.04. The zero-order chi connectivity index (χ0) is 21.4. The van der Waals surface area contributed by atoms with E-state index in [0.717, 1.165) is 32.7 Å². The van der Waals surface area contributed by atoms with Gasteiger partial charge in [-0.05, 0) is 46.8 Å². The van der Waals surface area contributed by atoms with E-state index >= 15 is 0 Å². The molecule has 1 N–H and O–H groups in total. The highest BCUT2D eigenvalue weighted by Crippen LogP contribution is 2.42. The predicted octanol–water partition coefficient (Wildman–Crippen LogP) is 8.20. The van der Waals surface area contributed by atoms with Gasteiger partial charge in [-0.15, -0.1) is 11.3 Å². The molecular formula is C24H16Cl3N3S. The molecule has 0 amide bonds. The number of halogens is 3. The number of benzene rings is 2. The molecule has 3 heterocycles. The molecule has 0 radical (unpaired) electrons. The Hall–Kier alpha value is -2.50. The largest absolute Gasteiger partial charge is 0.367 e. The Morgan fingerprint density at radius 1 is 0.871 bits per heavy atom. The lowest BCUT2D eigenvalue weighted by Gasteiger charge is -2.22. The molecule has 1 unspecified atom stereocenters. The first kappa shape index (κ1) is 20.4. The summed E-state index contributed by atoms with van der Waals surface area (Å²) in [4.78, 5) is 8.72. The van der Waals surface area contributed by atoms with Gasteiger partial charge in [0, 0.05) is 61.4 Å². The van der Waals surface area contributed by atoms with E-state index in [4.69, 9.17) is 34.8 Å². The fourth-order valence-corrected chi connectivity index (χ4v) is 5.30. The third kappa shape index (κ3) is 3.92. The highest BCUT2D eigenvalue weighted by atomic mass is 35.5. The summed E-state index contributed by atoms with van der Waals surface area (Å²) in [5, 5.41) is 3.98. The summed E-state index contributed by atoms with van der Waals surface area (Å²) in [7, 11) is 0. The van der Waals surface area contributed by atoms with Gasteiger partial charge in [0.05, 0.1) is 12.4 Å². The molecule has 7 heteroatoms. The van der Waals surface area contributed by atoms with Gasteiger partial charge < -0.3 is 9.55 Å². The minimum absolute atomic E-state index is 0.180. The standard InChI is InChI=1S/C24H16Cl3N3S/c25-15-3-5-17(19(10-15)23-2-1-9-31-23)20-12-29-13-21(20)24(30-8-7-28-14-30)18-6-4-16(26)11-22(18)27/h1-14,24,29H. The maximum Gasteiger partial charge on any atom is 0.0954 e. The molecular weight excluding hydrogens is 469 g/mol. The van der Waals surface area contributed by atoms with Crippen molar-refractivity contribution in [2.24, 2.45) is 0 Å². The Morgan fingerprint density at radius 3 is 2.45 bits per heavy atom. The van der Waals surface area contributed by atoms with Gasteiger partial charge in [0.1, 0.15) is 0 Å². The van der Waals surface area contributed by atoms with Crippen LogP contribution in [0.2, 0.25) is 15.1 Å². The lowest BCUT2D eigenvalue weighted by Crippen LogP contribution is -2.11. The summed E-state index contributed by atoms with van der Waals surface area (Å²) in [6, 6.07) is 15.6. The van der Waals surface area contributed by atoms with Crippen molar-refractivity contribution in [3.8, 4) is 21.6 Å². The molecule has 0 spiro atoms. The molecule has 0 fully saturated rings. The highest BCUT2D eigenvalue weighted by Gasteiger charge is 2.24. The minimum atomic E-state index is -0.180. The van der Waals surface area contributed by atoms with Crippen molar-refractivity contribution in [1.29, 1.82) is 0 Å². The van der Waals surface area contributed by atoms with Crippen LogP contribution >= 0.6 is 46.1 Å². The first-order valence-electron chi connectivity index (χ1n) is 9.54. The number of hydrogen-bond donors (Lipinski definition) is 1. The molecule has 5 aromatic rings. The average molecular weight is 485 g/mol. The maximum atomic E-state index is 6.65. The molecule has 0 saturated heterocycles. The van der Waals surface area contributed by atoms with Gasteiger partial charge in [-0.25, -0.2) is 4.98 Å². The number of rotatable bonds is 5. The van der Waals surface area contributed by atoms with Crippen molar-refractivity contribution in [3.63, 3.8) is 0 Å². The molecule has 31 heavy (non-hydrogen) atoms. The number of imidazole rings is 1. The average Bonchev–Trinajstić information content (AvgIpc) is 3.53. The van der Waals surface area contributed by atoms with Gasteiger partial charge in [0.15, 0.2) is 0 Å². The van der Waals surface area contributed by atoms with E-state index < -0.39 is 0 Å². The van der Waals surface area contributed by atoms with Crippen LogP contribution in [0.4, 0.5) is 0 Å². The van der Waals surface area contributed by atoms with Crippen LogP contribution in [0.5, 0.6) is 0 Å². The van der Waals surface area contributed by atoms with Crippen molar-refractivity contribution in [2.75, 3.05) is 0 Å². The lowest BCUT2D eigenvalue weighted by molar-refractivity contribution is 0.679. The van der Waals surface area contributed by atoms with Crippen LogP contribution in [0.25, 0.3) is 21.6 Å². The molecule has 0 aliphatic heterocycles. The third-order valence-corrected chi connectivity index (χ3v) is 6.91. The molecule has 5 rings (SSSR count). The van der Waals surface area contributed by atoms with E-state index in [-0.39, 0.29) is 6.04 Å². The van der Waals surface area contributed by atoms with Crippen LogP contribution in [0, 0.1) is 0 Å². The van der Waals surface area contributed by atoms with E-state index in [1.807, 2.05) is 53.5 Å². The first-order chi connectivity index (χ1) is 15.1. The fourth-order valence-electron chi connectivity index (χ4n) is 3.86. The zero-order valence-corrected chi connectivity index (χ0v) is 19.2. The summed E-state index contributed by atoms with van der Waals surface area (Å²) >= 11 is 20.9. The molecule has 0 saturated carbocycles. The Kier molecular flexibility index (Phi) is 5.63. The minimum Gasteiger partial charge on any atom is -0.367 e. The maximum absolute atomic E-state index is 6.65. The summed E-state index contributed by atoms with van der Waals surface area (Å²) in [6.45, 7) is 0. The van der Waals surface area contributed by atoms with Gasteiger partial charge in [0.25, 0.3) is 0 Å². The zero-order valence-electron chi connectivity index (χ0n) is 16.1. The monoisotopic (exact) mass is 483 g/mol. The van der Waals surface area contributed by atoms with Crippen molar-refractivity contribution in [2.45, 2.75) is 6.04 Å². The smallest absolute Gasteiger partial charge is 0.0954 e. The number of aromatic amines is 1. The Bertz CT molecular complexity index is 1320. The lowest BCUT2D eigenvalue weighted by atomic mass is 9.91. The van der Waals surface area contributed by atoms with E-state index in [1.165, 1.54) is 0 Å². The van der Waals surface area contributed by atoms with Crippen LogP contribution in [0.15, 0.2) is 85.0 Å². The molecule has 1 atom stereocenters. The van der Waals surface area contributed by atoms with Crippen molar-refractivity contribution in [3.05, 3.63) is 111 Å². The predicted molar refractivity (Wildman–Crippen MR) is 130 cm³/mol. The summed E-state index contributed by atoms with van der Waals surface area (Å²) in [5.41, 5.74) is 5.27. The second kappa shape index (κ2) is 8.56. The van der Waals surface area contributed by atoms with Gasteiger partial charge in [0.2, 0.25) is 0 Å². The van der Waals surface area contributed by atoms with Crippen LogP contribution in [0.1, 0.15) is 17.2 Å². The van der Waals surface area contributed by atoms with Crippen LogP contribution in [-0.2, 0) is 0 Å². The Labute approximate surface area is 198 Å². The van der Waals surface area contributed by atoms with Crippen molar-refractivity contribution in [1.82, 2.24) is 14.5 Å². The Balaban J connectivity index is 1.72. The Morgan fingerprint density at radius 2 is 1.71 bits per heavy atom. The topological polar surface area (TPSA) is 33.6 Å². The molecule has 3 aromatic heterocycles. The highest BCUT2D eigenvalue weighted by molar-refractivity contribution is 7.13. The second-order valence-corrected chi connectivity index (χ2v) is 9.30. The van der Waals surface area contributed by atoms with Crippen LogP contribution in [-0.4, -0.2) is 14.5 Å². The number of H-pyrrole nitrogens is 1. The van der Waals surface area contributed by atoms with E-state index in [1.54, 1.807) is 29.9 Å².